The van der Waals surface area contributed by atoms with Crippen LogP contribution in [0.25, 0.3) is 0 Å². The summed E-state index contributed by atoms with van der Waals surface area (Å²) in [6.45, 7) is 2.27. The van der Waals surface area contributed by atoms with Gasteiger partial charge in [-0.3, -0.25) is 4.79 Å². The van der Waals surface area contributed by atoms with E-state index in [0.717, 1.165) is 18.4 Å². The lowest BCUT2D eigenvalue weighted by molar-refractivity contribution is -0.136. The van der Waals surface area contributed by atoms with Gasteiger partial charge in [-0.25, -0.2) is 4.98 Å². The number of nitriles is 1. The van der Waals surface area contributed by atoms with Crippen LogP contribution in [0.15, 0.2) is 12.3 Å². The second-order valence-corrected chi connectivity index (χ2v) is 4.51. The average molecular weight is 245 g/mol. The van der Waals surface area contributed by atoms with Crippen LogP contribution < -0.4 is 4.90 Å². The number of aromatic nitrogens is 1. The second kappa shape index (κ2) is 5.05. The molecule has 1 aliphatic carbocycles. The number of hydrogen-bond acceptors (Lipinski definition) is 4. The number of pyridine rings is 1. The Morgan fingerprint density at radius 1 is 1.67 bits per heavy atom. The van der Waals surface area contributed by atoms with E-state index in [1.807, 2.05) is 11.8 Å². The standard InChI is InChI=1S/C13H15N3O2/c1-9-4-6-15-13(11(9)8-14)16(10-2-3-10)7-5-12(17)18/h4,6,10H,2-3,5,7H2,1H3,(H,17,18). The van der Waals surface area contributed by atoms with Gasteiger partial charge in [0.25, 0.3) is 0 Å². The molecule has 1 aliphatic rings. The predicted octanol–water partition coefficient (Wildman–Crippen LogP) is 1.71. The molecule has 0 aromatic carbocycles. The zero-order valence-electron chi connectivity index (χ0n) is 10.3. The molecule has 1 saturated carbocycles. The Morgan fingerprint density at radius 3 is 2.94 bits per heavy atom. The maximum absolute atomic E-state index is 10.7. The summed E-state index contributed by atoms with van der Waals surface area (Å²) in [5.74, 6) is -0.201. The van der Waals surface area contributed by atoms with Crippen LogP contribution >= 0.6 is 0 Å². The van der Waals surface area contributed by atoms with E-state index in [0.29, 0.717) is 24.0 Å². The summed E-state index contributed by atoms with van der Waals surface area (Å²) in [7, 11) is 0. The first-order chi connectivity index (χ1) is 8.63. The largest absolute Gasteiger partial charge is 0.481 e. The minimum absolute atomic E-state index is 0.0665. The van der Waals surface area contributed by atoms with E-state index in [1.165, 1.54) is 0 Å². The molecule has 0 spiro atoms. The van der Waals surface area contributed by atoms with Gasteiger partial charge in [0.1, 0.15) is 11.9 Å². The van der Waals surface area contributed by atoms with Crippen molar-refractivity contribution in [1.82, 2.24) is 4.98 Å². The molecule has 5 heteroatoms. The third-order valence-corrected chi connectivity index (χ3v) is 3.08. The highest BCUT2D eigenvalue weighted by molar-refractivity contribution is 5.68. The van der Waals surface area contributed by atoms with Gasteiger partial charge in [-0.05, 0) is 31.4 Å². The number of rotatable bonds is 5. The average Bonchev–Trinajstić information content (AvgIpc) is 3.13. The third-order valence-electron chi connectivity index (χ3n) is 3.08. The Morgan fingerprint density at radius 2 is 2.39 bits per heavy atom. The van der Waals surface area contributed by atoms with Gasteiger partial charge in [-0.2, -0.15) is 5.26 Å². The van der Waals surface area contributed by atoms with Crippen LogP contribution in [-0.2, 0) is 4.79 Å². The minimum atomic E-state index is -0.827. The normalized spacial score (nSPS) is 14.0. The molecule has 2 rings (SSSR count). The van der Waals surface area contributed by atoms with Crippen molar-refractivity contribution in [2.24, 2.45) is 0 Å². The number of aliphatic carboxylic acids is 1. The smallest absolute Gasteiger partial charge is 0.305 e. The fraction of sp³-hybridized carbons (Fsp3) is 0.462. The topological polar surface area (TPSA) is 77.2 Å². The van der Waals surface area contributed by atoms with Gasteiger partial charge in [-0.15, -0.1) is 0 Å². The summed E-state index contributed by atoms with van der Waals surface area (Å²) < 4.78 is 0. The molecule has 1 heterocycles. The Kier molecular flexibility index (Phi) is 3.47. The van der Waals surface area contributed by atoms with Crippen LogP contribution in [0.1, 0.15) is 30.4 Å². The molecule has 18 heavy (non-hydrogen) atoms. The number of carboxylic acids is 1. The molecule has 1 N–H and O–H groups in total. The van der Waals surface area contributed by atoms with Gasteiger partial charge in [0.05, 0.1) is 12.0 Å². The first-order valence-corrected chi connectivity index (χ1v) is 5.97. The Bertz CT molecular complexity index is 503. The molecule has 0 saturated heterocycles. The zero-order chi connectivity index (χ0) is 13.1. The zero-order valence-corrected chi connectivity index (χ0v) is 10.3. The monoisotopic (exact) mass is 245 g/mol. The number of aryl methyl sites for hydroxylation is 1. The number of carbonyl (C=O) groups is 1. The molecular weight excluding hydrogens is 230 g/mol. The number of nitrogens with zero attached hydrogens (tertiary/aromatic N) is 3. The lowest BCUT2D eigenvalue weighted by Crippen LogP contribution is -2.30. The van der Waals surface area contributed by atoms with E-state index in [-0.39, 0.29) is 6.42 Å². The lowest BCUT2D eigenvalue weighted by Gasteiger charge is -2.24. The highest BCUT2D eigenvalue weighted by Crippen LogP contribution is 2.33. The predicted molar refractivity (Wildman–Crippen MR) is 66.3 cm³/mol. The number of hydrogen-bond donors (Lipinski definition) is 1. The van der Waals surface area contributed by atoms with Crippen molar-refractivity contribution in [1.29, 1.82) is 5.26 Å². The fourth-order valence-corrected chi connectivity index (χ4v) is 1.96. The van der Waals surface area contributed by atoms with Crippen LogP contribution in [0, 0.1) is 18.3 Å². The molecule has 1 aromatic heterocycles. The van der Waals surface area contributed by atoms with Gasteiger partial charge in [0.15, 0.2) is 0 Å². The van der Waals surface area contributed by atoms with Gasteiger partial charge in [-0.1, -0.05) is 0 Å². The molecule has 1 fully saturated rings. The minimum Gasteiger partial charge on any atom is -0.481 e. The van der Waals surface area contributed by atoms with E-state index >= 15 is 0 Å². The van der Waals surface area contributed by atoms with Crippen molar-refractivity contribution in [3.05, 3.63) is 23.4 Å². The summed E-state index contributed by atoms with van der Waals surface area (Å²) in [4.78, 5) is 16.9. The quantitative estimate of drug-likeness (QED) is 0.854. The molecular formula is C13H15N3O2. The fourth-order valence-electron chi connectivity index (χ4n) is 1.96. The van der Waals surface area contributed by atoms with Crippen LogP contribution in [-0.4, -0.2) is 28.6 Å². The Labute approximate surface area is 106 Å². The van der Waals surface area contributed by atoms with Crippen molar-refractivity contribution in [2.75, 3.05) is 11.4 Å². The van der Waals surface area contributed by atoms with E-state index in [4.69, 9.17) is 5.11 Å². The van der Waals surface area contributed by atoms with Crippen LogP contribution in [0.3, 0.4) is 0 Å². The summed E-state index contributed by atoms with van der Waals surface area (Å²) in [5.41, 5.74) is 1.43. The molecule has 94 valence electrons. The van der Waals surface area contributed by atoms with Crippen molar-refractivity contribution in [2.45, 2.75) is 32.2 Å². The highest BCUT2D eigenvalue weighted by Gasteiger charge is 2.31. The van der Waals surface area contributed by atoms with E-state index in [9.17, 15) is 10.1 Å². The van der Waals surface area contributed by atoms with Gasteiger partial charge in [0.2, 0.25) is 0 Å². The Hall–Kier alpha value is -2.09. The van der Waals surface area contributed by atoms with Crippen LogP contribution in [0.2, 0.25) is 0 Å². The van der Waals surface area contributed by atoms with Crippen molar-refractivity contribution >= 4 is 11.8 Å². The van der Waals surface area contributed by atoms with Crippen molar-refractivity contribution in [3.8, 4) is 6.07 Å². The first kappa shape index (κ1) is 12.4. The highest BCUT2D eigenvalue weighted by atomic mass is 16.4. The van der Waals surface area contributed by atoms with Crippen molar-refractivity contribution in [3.63, 3.8) is 0 Å². The number of carboxylic acid groups (broad SMARTS) is 1. The number of anilines is 1. The van der Waals surface area contributed by atoms with Crippen LogP contribution in [0.5, 0.6) is 0 Å². The first-order valence-electron chi connectivity index (χ1n) is 5.97. The molecule has 5 nitrogen and oxygen atoms in total. The molecule has 0 radical (unpaired) electrons. The maximum Gasteiger partial charge on any atom is 0.305 e. The molecule has 1 aromatic rings. The molecule has 0 aliphatic heterocycles. The lowest BCUT2D eigenvalue weighted by atomic mass is 10.1. The van der Waals surface area contributed by atoms with Gasteiger partial charge < -0.3 is 10.0 Å². The molecule has 0 atom stereocenters. The maximum atomic E-state index is 10.7. The van der Waals surface area contributed by atoms with Crippen molar-refractivity contribution < 1.29 is 9.90 Å². The van der Waals surface area contributed by atoms with Gasteiger partial charge in [0, 0.05) is 18.8 Å². The van der Waals surface area contributed by atoms with E-state index in [1.54, 1.807) is 12.3 Å². The summed E-state index contributed by atoms with van der Waals surface area (Å²) in [6.07, 6.45) is 3.82. The molecule has 0 unspecified atom stereocenters. The SMILES string of the molecule is Cc1ccnc(N(CCC(=O)O)C2CC2)c1C#N. The summed E-state index contributed by atoms with van der Waals surface area (Å²) in [5, 5.41) is 18.0. The van der Waals surface area contributed by atoms with E-state index in [2.05, 4.69) is 11.1 Å². The molecule has 0 bridgehead atoms. The summed E-state index contributed by atoms with van der Waals surface area (Å²) >= 11 is 0. The third kappa shape index (κ3) is 2.59. The molecule has 0 amide bonds. The van der Waals surface area contributed by atoms with Crippen LogP contribution in [0.4, 0.5) is 5.82 Å². The van der Waals surface area contributed by atoms with E-state index < -0.39 is 5.97 Å². The van der Waals surface area contributed by atoms with Gasteiger partial charge >= 0.3 is 5.97 Å². The Balaban J connectivity index is 2.28. The summed E-state index contributed by atoms with van der Waals surface area (Å²) in [6, 6.07) is 4.30. The second-order valence-electron chi connectivity index (χ2n) is 4.51.